The summed E-state index contributed by atoms with van der Waals surface area (Å²) in [7, 11) is 0. The van der Waals surface area contributed by atoms with Crippen LogP contribution < -0.4 is 0 Å². The third kappa shape index (κ3) is 2.64. The molecule has 21 heavy (non-hydrogen) atoms. The summed E-state index contributed by atoms with van der Waals surface area (Å²) in [5.41, 5.74) is 1.20. The van der Waals surface area contributed by atoms with E-state index in [0.29, 0.717) is 22.1 Å². The summed E-state index contributed by atoms with van der Waals surface area (Å²) in [6, 6.07) is 15.9. The summed E-state index contributed by atoms with van der Waals surface area (Å²) in [5, 5.41) is 4.33. The Labute approximate surface area is 124 Å². The molecule has 0 radical (unpaired) electrons. The minimum atomic E-state index is -2.74. The zero-order valence-corrected chi connectivity index (χ0v) is 11.5. The van der Waals surface area contributed by atoms with Crippen molar-refractivity contribution in [2.75, 3.05) is 0 Å². The van der Waals surface area contributed by atoms with Crippen molar-refractivity contribution in [3.63, 3.8) is 0 Å². The van der Waals surface area contributed by atoms with Gasteiger partial charge in [0, 0.05) is 5.56 Å². The average molecular weight is 306 g/mol. The molecule has 1 heterocycles. The fraction of sp³-hybridized carbons (Fsp3) is 0.0667. The molecule has 0 saturated carbocycles. The van der Waals surface area contributed by atoms with E-state index in [1.807, 2.05) is 6.07 Å². The van der Waals surface area contributed by atoms with Crippen molar-refractivity contribution in [1.82, 2.24) is 14.8 Å². The van der Waals surface area contributed by atoms with Gasteiger partial charge in [0.1, 0.15) is 0 Å². The molecular formula is C15H10ClF2N3. The molecule has 2 aromatic carbocycles. The molecule has 3 rings (SSSR count). The quantitative estimate of drug-likeness (QED) is 0.712. The number of aromatic nitrogens is 3. The van der Waals surface area contributed by atoms with Gasteiger partial charge in [-0.3, -0.25) is 0 Å². The Morgan fingerprint density at radius 3 is 2.29 bits per heavy atom. The number of alkyl halides is 2. The van der Waals surface area contributed by atoms with Crippen molar-refractivity contribution in [2.24, 2.45) is 0 Å². The van der Waals surface area contributed by atoms with Crippen molar-refractivity contribution in [2.45, 2.75) is 6.43 Å². The first-order valence-corrected chi connectivity index (χ1v) is 6.60. The van der Waals surface area contributed by atoms with E-state index in [1.54, 1.807) is 48.5 Å². The number of para-hydroxylation sites is 1. The summed E-state index contributed by atoms with van der Waals surface area (Å²) < 4.78 is 27.2. The summed E-state index contributed by atoms with van der Waals surface area (Å²) in [4.78, 5) is 3.93. The number of hydrogen-bond acceptors (Lipinski definition) is 2. The Morgan fingerprint density at radius 1 is 0.952 bits per heavy atom. The summed E-state index contributed by atoms with van der Waals surface area (Å²) in [6.45, 7) is 0. The van der Waals surface area contributed by atoms with Gasteiger partial charge in [-0.2, -0.15) is 0 Å². The third-order valence-electron chi connectivity index (χ3n) is 2.93. The van der Waals surface area contributed by atoms with Crippen LogP contribution >= 0.6 is 11.6 Å². The number of hydrogen-bond donors (Lipinski definition) is 0. The largest absolute Gasteiger partial charge is 0.299 e. The van der Waals surface area contributed by atoms with Crippen molar-refractivity contribution < 1.29 is 8.78 Å². The molecule has 3 aromatic rings. The fourth-order valence-corrected chi connectivity index (χ4v) is 2.21. The number of rotatable bonds is 3. The van der Waals surface area contributed by atoms with Gasteiger partial charge in [0.2, 0.25) is 5.82 Å². The van der Waals surface area contributed by atoms with Crippen LogP contribution in [0.15, 0.2) is 54.6 Å². The minimum absolute atomic E-state index is 0.294. The first-order chi connectivity index (χ1) is 10.2. The molecule has 106 valence electrons. The summed E-state index contributed by atoms with van der Waals surface area (Å²) >= 11 is 6.14. The molecule has 0 fully saturated rings. The highest BCUT2D eigenvalue weighted by Crippen LogP contribution is 2.29. The molecule has 0 spiro atoms. The Morgan fingerprint density at radius 2 is 1.62 bits per heavy atom. The van der Waals surface area contributed by atoms with Gasteiger partial charge in [0.25, 0.3) is 6.43 Å². The van der Waals surface area contributed by atoms with Crippen LogP contribution in [0.3, 0.4) is 0 Å². The van der Waals surface area contributed by atoms with Gasteiger partial charge in [0.05, 0.1) is 10.7 Å². The first kappa shape index (κ1) is 13.7. The molecule has 0 N–H and O–H groups in total. The van der Waals surface area contributed by atoms with Crippen LogP contribution in [0, 0.1) is 0 Å². The van der Waals surface area contributed by atoms with Crippen LogP contribution in [0.25, 0.3) is 17.1 Å². The number of benzene rings is 2. The predicted octanol–water partition coefficient (Wildman–Crippen LogP) is 4.53. The third-order valence-corrected chi connectivity index (χ3v) is 3.26. The average Bonchev–Trinajstić information content (AvgIpc) is 2.94. The standard InChI is InChI=1S/C15H10ClF2N3/c16-12-9-5-4-8-11(12)15-19-14(13(17)18)20-21(15)10-6-2-1-3-7-10/h1-9,13H. The van der Waals surface area contributed by atoms with E-state index in [1.165, 1.54) is 4.68 Å². The maximum absolute atomic E-state index is 12.9. The maximum Gasteiger partial charge on any atom is 0.299 e. The van der Waals surface area contributed by atoms with Gasteiger partial charge in [-0.25, -0.2) is 18.4 Å². The topological polar surface area (TPSA) is 30.7 Å². The fourth-order valence-electron chi connectivity index (χ4n) is 1.99. The van der Waals surface area contributed by atoms with Crippen molar-refractivity contribution in [3.05, 3.63) is 65.4 Å². The lowest BCUT2D eigenvalue weighted by atomic mass is 10.2. The predicted molar refractivity (Wildman–Crippen MR) is 76.8 cm³/mol. The van der Waals surface area contributed by atoms with Gasteiger partial charge >= 0.3 is 0 Å². The van der Waals surface area contributed by atoms with Crippen LogP contribution in [0.4, 0.5) is 8.78 Å². The van der Waals surface area contributed by atoms with E-state index < -0.39 is 12.2 Å². The molecule has 0 unspecified atom stereocenters. The second kappa shape index (κ2) is 5.61. The van der Waals surface area contributed by atoms with Gasteiger partial charge in [-0.05, 0) is 24.3 Å². The monoisotopic (exact) mass is 305 g/mol. The van der Waals surface area contributed by atoms with Gasteiger partial charge in [-0.1, -0.05) is 41.9 Å². The van der Waals surface area contributed by atoms with Gasteiger partial charge in [-0.15, -0.1) is 5.10 Å². The highest BCUT2D eigenvalue weighted by Gasteiger charge is 2.20. The minimum Gasteiger partial charge on any atom is -0.213 e. The first-order valence-electron chi connectivity index (χ1n) is 6.22. The zero-order chi connectivity index (χ0) is 14.8. The molecule has 6 heteroatoms. The molecule has 0 bridgehead atoms. The maximum atomic E-state index is 12.9. The smallest absolute Gasteiger partial charge is 0.213 e. The van der Waals surface area contributed by atoms with Crippen LogP contribution in [0.5, 0.6) is 0 Å². The summed E-state index contributed by atoms with van der Waals surface area (Å²) in [5.74, 6) is -0.226. The van der Waals surface area contributed by atoms with Gasteiger partial charge in [0.15, 0.2) is 5.82 Å². The molecular weight excluding hydrogens is 296 g/mol. The normalized spacial score (nSPS) is 11.0. The van der Waals surface area contributed by atoms with E-state index in [9.17, 15) is 8.78 Å². The second-order valence-corrected chi connectivity index (χ2v) is 4.73. The van der Waals surface area contributed by atoms with Crippen molar-refractivity contribution >= 4 is 11.6 Å². The Bertz CT molecular complexity index is 757. The van der Waals surface area contributed by atoms with Crippen LogP contribution in [-0.2, 0) is 0 Å². The molecule has 3 nitrogen and oxygen atoms in total. The van der Waals surface area contributed by atoms with E-state index >= 15 is 0 Å². The molecule has 0 aliphatic carbocycles. The lowest BCUT2D eigenvalue weighted by Gasteiger charge is -2.06. The molecule has 0 atom stereocenters. The van der Waals surface area contributed by atoms with E-state index in [-0.39, 0.29) is 0 Å². The van der Waals surface area contributed by atoms with Crippen molar-refractivity contribution in [3.8, 4) is 17.1 Å². The Kier molecular flexibility index (Phi) is 3.66. The lowest BCUT2D eigenvalue weighted by molar-refractivity contribution is 0.140. The van der Waals surface area contributed by atoms with E-state index in [4.69, 9.17) is 11.6 Å². The Balaban J connectivity index is 2.22. The second-order valence-electron chi connectivity index (χ2n) is 4.32. The van der Waals surface area contributed by atoms with Crippen LogP contribution in [-0.4, -0.2) is 14.8 Å². The van der Waals surface area contributed by atoms with E-state index in [0.717, 1.165) is 0 Å². The SMILES string of the molecule is FC(F)c1nc(-c2ccccc2Cl)n(-c2ccccc2)n1. The van der Waals surface area contributed by atoms with Crippen LogP contribution in [0.2, 0.25) is 5.02 Å². The molecule has 1 aromatic heterocycles. The Hall–Kier alpha value is -2.27. The number of halogens is 3. The number of nitrogens with zero attached hydrogens (tertiary/aromatic N) is 3. The molecule has 0 aliphatic rings. The highest BCUT2D eigenvalue weighted by molar-refractivity contribution is 6.33. The molecule has 0 saturated heterocycles. The summed E-state index contributed by atoms with van der Waals surface area (Å²) in [6.07, 6.45) is -2.74. The van der Waals surface area contributed by atoms with E-state index in [2.05, 4.69) is 10.1 Å². The van der Waals surface area contributed by atoms with Crippen LogP contribution in [0.1, 0.15) is 12.2 Å². The zero-order valence-electron chi connectivity index (χ0n) is 10.7. The highest BCUT2D eigenvalue weighted by atomic mass is 35.5. The molecule has 0 aliphatic heterocycles. The van der Waals surface area contributed by atoms with Gasteiger partial charge < -0.3 is 0 Å². The lowest BCUT2D eigenvalue weighted by Crippen LogP contribution is -2.00. The van der Waals surface area contributed by atoms with Crippen molar-refractivity contribution in [1.29, 1.82) is 0 Å². The molecule has 0 amide bonds.